The Morgan fingerprint density at radius 2 is 1.52 bits per heavy atom. The number of hydrogen-bond acceptors (Lipinski definition) is 3. The van der Waals surface area contributed by atoms with Gasteiger partial charge in [0.1, 0.15) is 5.41 Å². The van der Waals surface area contributed by atoms with E-state index >= 15 is 0 Å². The van der Waals surface area contributed by atoms with E-state index in [1.54, 1.807) is 0 Å². The number of carbonyl (C=O) groups excluding carboxylic acids is 1. The van der Waals surface area contributed by atoms with E-state index in [-0.39, 0.29) is 11.4 Å². The number of nitriles is 1. The summed E-state index contributed by atoms with van der Waals surface area (Å²) < 4.78 is 0. The van der Waals surface area contributed by atoms with Gasteiger partial charge >= 0.3 is 0 Å². The van der Waals surface area contributed by atoms with Crippen LogP contribution in [-0.2, 0) is 4.79 Å². The highest BCUT2D eigenvalue weighted by molar-refractivity contribution is 5.85. The molecule has 1 saturated heterocycles. The summed E-state index contributed by atoms with van der Waals surface area (Å²) in [7, 11) is 0. The Bertz CT molecular complexity index is 403. The Morgan fingerprint density at radius 1 is 1.00 bits per heavy atom. The summed E-state index contributed by atoms with van der Waals surface area (Å²) in [6.07, 6.45) is 5.86. The third kappa shape index (κ3) is 3.58. The first-order chi connectivity index (χ1) is 9.89. The van der Waals surface area contributed by atoms with E-state index in [0.717, 1.165) is 64.7 Å². The minimum absolute atomic E-state index is 0.0976. The zero-order chi connectivity index (χ0) is 15.5. The predicted molar refractivity (Wildman–Crippen MR) is 83.7 cm³/mol. The molecule has 0 atom stereocenters. The third-order valence-corrected chi connectivity index (χ3v) is 5.10. The summed E-state index contributed by atoms with van der Waals surface area (Å²) in [5.41, 5.74) is -0.579. The van der Waals surface area contributed by atoms with Crippen LogP contribution in [0.1, 0.15) is 59.3 Å². The van der Waals surface area contributed by atoms with Gasteiger partial charge in [0.25, 0.3) is 0 Å². The van der Waals surface area contributed by atoms with Gasteiger partial charge in [-0.3, -0.25) is 9.69 Å². The summed E-state index contributed by atoms with van der Waals surface area (Å²) >= 11 is 0. The predicted octanol–water partition coefficient (Wildman–Crippen LogP) is 2.79. The molecule has 1 aliphatic carbocycles. The average Bonchev–Trinajstić information content (AvgIpc) is 2.72. The Balaban J connectivity index is 2.02. The normalized spacial score (nSPS) is 24.2. The minimum Gasteiger partial charge on any atom is -0.339 e. The van der Waals surface area contributed by atoms with Gasteiger partial charge in [-0.1, -0.05) is 25.7 Å². The van der Waals surface area contributed by atoms with Crippen LogP contribution in [0, 0.1) is 16.7 Å². The third-order valence-electron chi connectivity index (χ3n) is 5.10. The summed E-state index contributed by atoms with van der Waals surface area (Å²) in [6.45, 7) is 10.00. The van der Waals surface area contributed by atoms with Crippen molar-refractivity contribution < 1.29 is 4.79 Å². The molecule has 0 bridgehead atoms. The van der Waals surface area contributed by atoms with Crippen LogP contribution in [-0.4, -0.2) is 47.4 Å². The van der Waals surface area contributed by atoms with Gasteiger partial charge in [-0.15, -0.1) is 0 Å². The molecule has 0 radical (unpaired) electrons. The van der Waals surface area contributed by atoms with Crippen molar-refractivity contribution in [2.75, 3.05) is 26.2 Å². The van der Waals surface area contributed by atoms with E-state index < -0.39 is 5.41 Å². The molecule has 1 amide bonds. The molecule has 118 valence electrons. The minimum atomic E-state index is -0.736. The molecule has 0 unspecified atom stereocenters. The monoisotopic (exact) mass is 291 g/mol. The second kappa shape index (κ2) is 6.36. The van der Waals surface area contributed by atoms with Gasteiger partial charge in [-0.25, -0.2) is 0 Å². The largest absolute Gasteiger partial charge is 0.339 e. The molecule has 0 aromatic heterocycles. The molecule has 4 heteroatoms. The lowest BCUT2D eigenvalue weighted by molar-refractivity contribution is -0.142. The van der Waals surface area contributed by atoms with Gasteiger partial charge in [-0.2, -0.15) is 5.26 Å². The van der Waals surface area contributed by atoms with Crippen molar-refractivity contribution in [2.45, 2.75) is 64.8 Å². The molecule has 1 saturated carbocycles. The molecule has 2 fully saturated rings. The number of nitrogens with zero attached hydrogens (tertiary/aromatic N) is 3. The summed E-state index contributed by atoms with van der Waals surface area (Å²) in [4.78, 5) is 17.3. The van der Waals surface area contributed by atoms with Crippen LogP contribution in [0.25, 0.3) is 0 Å². The molecule has 2 rings (SSSR count). The van der Waals surface area contributed by atoms with E-state index in [9.17, 15) is 10.1 Å². The van der Waals surface area contributed by atoms with Crippen LogP contribution >= 0.6 is 0 Å². The molecule has 0 aromatic carbocycles. The smallest absolute Gasteiger partial charge is 0.243 e. The Kier molecular flexibility index (Phi) is 4.93. The van der Waals surface area contributed by atoms with Gasteiger partial charge in [-0.05, 0) is 33.6 Å². The first-order valence-electron chi connectivity index (χ1n) is 8.35. The van der Waals surface area contributed by atoms with Gasteiger partial charge < -0.3 is 4.90 Å². The fourth-order valence-corrected chi connectivity index (χ4v) is 3.59. The van der Waals surface area contributed by atoms with E-state index in [2.05, 4.69) is 31.7 Å². The topological polar surface area (TPSA) is 47.3 Å². The molecule has 2 aliphatic rings. The molecule has 21 heavy (non-hydrogen) atoms. The quantitative estimate of drug-likeness (QED) is 0.698. The van der Waals surface area contributed by atoms with E-state index in [1.165, 1.54) is 0 Å². The number of hydrogen-bond donors (Lipinski definition) is 0. The first kappa shape index (κ1) is 16.3. The highest BCUT2D eigenvalue weighted by Crippen LogP contribution is 2.36. The average molecular weight is 291 g/mol. The number of piperazine rings is 1. The van der Waals surface area contributed by atoms with Gasteiger partial charge in [0.05, 0.1) is 6.07 Å². The molecular weight excluding hydrogens is 262 g/mol. The van der Waals surface area contributed by atoms with Crippen LogP contribution in [0.15, 0.2) is 0 Å². The molecule has 1 heterocycles. The van der Waals surface area contributed by atoms with Crippen molar-refractivity contribution in [1.82, 2.24) is 9.80 Å². The standard InChI is InChI=1S/C17H29N3O/c1-16(2,3)20-12-10-19(11-13-20)15(21)17(14-18)8-6-4-5-7-9-17/h4-13H2,1-3H3. The zero-order valence-corrected chi connectivity index (χ0v) is 13.8. The highest BCUT2D eigenvalue weighted by atomic mass is 16.2. The number of rotatable bonds is 1. The summed E-state index contributed by atoms with van der Waals surface area (Å²) in [6, 6.07) is 2.39. The molecule has 4 nitrogen and oxygen atoms in total. The lowest BCUT2D eigenvalue weighted by atomic mass is 9.80. The molecule has 0 N–H and O–H groups in total. The van der Waals surface area contributed by atoms with Crippen molar-refractivity contribution in [3.8, 4) is 6.07 Å². The van der Waals surface area contributed by atoms with Crippen LogP contribution in [0.5, 0.6) is 0 Å². The highest BCUT2D eigenvalue weighted by Gasteiger charge is 2.42. The maximum absolute atomic E-state index is 12.9. The van der Waals surface area contributed by atoms with Crippen molar-refractivity contribution >= 4 is 5.91 Å². The maximum Gasteiger partial charge on any atom is 0.243 e. The van der Waals surface area contributed by atoms with Crippen LogP contribution in [0.4, 0.5) is 0 Å². The van der Waals surface area contributed by atoms with Crippen LogP contribution in [0.2, 0.25) is 0 Å². The maximum atomic E-state index is 12.9. The van der Waals surface area contributed by atoms with Crippen LogP contribution < -0.4 is 0 Å². The van der Waals surface area contributed by atoms with Crippen molar-refractivity contribution in [1.29, 1.82) is 5.26 Å². The fourth-order valence-electron chi connectivity index (χ4n) is 3.59. The Labute approximate surface area is 129 Å². The lowest BCUT2D eigenvalue weighted by Crippen LogP contribution is -2.57. The number of carbonyl (C=O) groups is 1. The second-order valence-corrected chi connectivity index (χ2v) is 7.56. The first-order valence-corrected chi connectivity index (χ1v) is 8.35. The fraction of sp³-hybridized carbons (Fsp3) is 0.882. The lowest BCUT2D eigenvalue weighted by Gasteiger charge is -2.43. The van der Waals surface area contributed by atoms with Crippen molar-refractivity contribution in [2.24, 2.45) is 5.41 Å². The second-order valence-electron chi connectivity index (χ2n) is 7.56. The summed E-state index contributed by atoms with van der Waals surface area (Å²) in [5, 5.41) is 9.64. The molecular formula is C17H29N3O. The van der Waals surface area contributed by atoms with E-state index in [4.69, 9.17) is 0 Å². The number of amides is 1. The Hall–Kier alpha value is -1.08. The van der Waals surface area contributed by atoms with Gasteiger partial charge in [0, 0.05) is 31.7 Å². The van der Waals surface area contributed by atoms with Crippen molar-refractivity contribution in [3.63, 3.8) is 0 Å². The van der Waals surface area contributed by atoms with Crippen LogP contribution in [0.3, 0.4) is 0 Å². The van der Waals surface area contributed by atoms with Gasteiger partial charge in [0.15, 0.2) is 0 Å². The molecule has 0 aromatic rings. The zero-order valence-electron chi connectivity index (χ0n) is 13.8. The van der Waals surface area contributed by atoms with Crippen molar-refractivity contribution in [3.05, 3.63) is 0 Å². The molecule has 0 spiro atoms. The molecule has 1 aliphatic heterocycles. The van der Waals surface area contributed by atoms with E-state index in [1.807, 2.05) is 4.90 Å². The van der Waals surface area contributed by atoms with Gasteiger partial charge in [0.2, 0.25) is 5.91 Å². The summed E-state index contributed by atoms with van der Waals surface area (Å²) in [5.74, 6) is 0.0976. The Morgan fingerprint density at radius 3 is 1.95 bits per heavy atom. The van der Waals surface area contributed by atoms with E-state index in [0.29, 0.717) is 0 Å². The SMILES string of the molecule is CC(C)(C)N1CCN(C(=O)C2(C#N)CCCCCC2)CC1.